The van der Waals surface area contributed by atoms with Gasteiger partial charge in [-0.1, -0.05) is 35.6 Å². The number of benzene rings is 1. The highest BCUT2D eigenvalue weighted by Crippen LogP contribution is 2.12. The Morgan fingerprint density at radius 2 is 2.13 bits per heavy atom. The number of nitro benzene ring substituents is 1. The van der Waals surface area contributed by atoms with Crippen LogP contribution in [0.1, 0.15) is 17.3 Å². The molecule has 0 aromatic heterocycles. The third kappa shape index (κ3) is 5.31. The van der Waals surface area contributed by atoms with E-state index < -0.39 is 10.9 Å². The molecule has 0 aliphatic rings. The quantitative estimate of drug-likeness (QED) is 0.393. The summed E-state index contributed by atoms with van der Waals surface area (Å²) in [6.07, 6.45) is 0. The summed E-state index contributed by atoms with van der Waals surface area (Å²) in [5.74, 6) is -1.17. The van der Waals surface area contributed by atoms with Crippen LogP contribution in [0, 0.1) is 10.1 Å². The van der Waals surface area contributed by atoms with Crippen molar-refractivity contribution in [3.05, 3.63) is 39.9 Å². The summed E-state index contributed by atoms with van der Waals surface area (Å²) < 4.78 is 1.22. The Labute approximate surface area is 100 Å². The Hall–Kier alpha value is -1.18. The number of aromatic carboxylic acids is 1. The fraction of sp³-hybridized carbons (Fsp3) is 0.222. The Kier molecular flexibility index (Phi) is 6.59. The number of rotatable bonds is 2. The molecule has 0 atom stereocenters. The van der Waals surface area contributed by atoms with Gasteiger partial charge in [0.05, 0.1) is 10.5 Å². The fourth-order valence-corrected chi connectivity index (χ4v) is 0.753. The van der Waals surface area contributed by atoms with Gasteiger partial charge in [0.15, 0.2) is 0 Å². The average Bonchev–Trinajstić information content (AvgIpc) is 2.19. The second-order valence-corrected chi connectivity index (χ2v) is 3.91. The van der Waals surface area contributed by atoms with Crippen LogP contribution in [0.15, 0.2) is 24.3 Å². The first kappa shape index (κ1) is 13.8. The van der Waals surface area contributed by atoms with Crippen LogP contribution in [-0.2, 0) is 0 Å². The van der Waals surface area contributed by atoms with E-state index in [1.54, 1.807) is 0 Å². The molecule has 15 heavy (non-hydrogen) atoms. The highest BCUT2D eigenvalue weighted by molar-refractivity contribution is 14.1. The molecule has 0 unspecified atom stereocenters. The van der Waals surface area contributed by atoms with E-state index in [0.29, 0.717) is 0 Å². The van der Waals surface area contributed by atoms with E-state index in [9.17, 15) is 14.9 Å². The van der Waals surface area contributed by atoms with Crippen molar-refractivity contribution < 1.29 is 14.8 Å². The lowest BCUT2D eigenvalue weighted by Gasteiger charge is -1.92. The van der Waals surface area contributed by atoms with Crippen LogP contribution in [0.5, 0.6) is 0 Å². The Bertz CT molecular complexity index is 324. The first-order valence-corrected chi connectivity index (χ1v) is 5.59. The number of carbonyl (C=O) groups is 1. The molecule has 82 valence electrons. The number of carboxylic acid groups (broad SMARTS) is 1. The molecule has 0 spiro atoms. The topological polar surface area (TPSA) is 80.4 Å². The lowest BCUT2D eigenvalue weighted by atomic mass is 10.2. The standard InChI is InChI=1S/C7H5NO4.C2H5I/c9-7(10)5-2-1-3-6(4-5)8(11)12;1-2-3/h1-4H,(H,9,10);2H2,1H3. The maximum atomic E-state index is 10.4. The summed E-state index contributed by atoms with van der Waals surface area (Å²) in [7, 11) is 0. The zero-order chi connectivity index (χ0) is 11.8. The Morgan fingerprint density at radius 1 is 1.60 bits per heavy atom. The van der Waals surface area contributed by atoms with Crippen LogP contribution >= 0.6 is 22.6 Å². The molecule has 0 bridgehead atoms. The van der Waals surface area contributed by atoms with Crippen molar-refractivity contribution in [2.75, 3.05) is 4.43 Å². The Balaban J connectivity index is 0.000000583. The molecule has 1 aromatic carbocycles. The minimum Gasteiger partial charge on any atom is -0.478 e. The van der Waals surface area contributed by atoms with E-state index in [1.165, 1.54) is 22.6 Å². The largest absolute Gasteiger partial charge is 0.478 e. The van der Waals surface area contributed by atoms with Gasteiger partial charge in [-0.15, -0.1) is 0 Å². The number of carboxylic acids is 1. The molecule has 1 N–H and O–H groups in total. The van der Waals surface area contributed by atoms with E-state index in [1.807, 2.05) is 0 Å². The maximum absolute atomic E-state index is 10.4. The van der Waals surface area contributed by atoms with Gasteiger partial charge in [0.2, 0.25) is 0 Å². The normalized spacial score (nSPS) is 8.67. The predicted molar refractivity (Wildman–Crippen MR) is 64.6 cm³/mol. The third-order valence-corrected chi connectivity index (χ3v) is 1.30. The molecule has 1 rings (SSSR count). The molecule has 0 amide bonds. The lowest BCUT2D eigenvalue weighted by Crippen LogP contribution is -1.97. The number of nitro groups is 1. The summed E-state index contributed by atoms with van der Waals surface area (Å²) >= 11 is 2.29. The van der Waals surface area contributed by atoms with Gasteiger partial charge in [-0.3, -0.25) is 10.1 Å². The number of non-ortho nitro benzene ring substituents is 1. The average molecular weight is 323 g/mol. The third-order valence-electron chi connectivity index (χ3n) is 1.30. The van der Waals surface area contributed by atoms with Gasteiger partial charge in [0.1, 0.15) is 0 Å². The summed E-state index contributed by atoms with van der Waals surface area (Å²) in [5.41, 5.74) is -0.292. The van der Waals surface area contributed by atoms with Crippen molar-refractivity contribution in [2.45, 2.75) is 6.92 Å². The van der Waals surface area contributed by atoms with Crippen molar-refractivity contribution in [1.29, 1.82) is 0 Å². The second-order valence-electron chi connectivity index (χ2n) is 2.38. The van der Waals surface area contributed by atoms with Gasteiger partial charge in [-0.05, 0) is 10.5 Å². The van der Waals surface area contributed by atoms with Crippen LogP contribution < -0.4 is 0 Å². The summed E-state index contributed by atoms with van der Waals surface area (Å²) in [4.78, 5) is 19.9. The molecule has 5 nitrogen and oxygen atoms in total. The molecule has 0 saturated heterocycles. The number of alkyl halides is 1. The first-order valence-electron chi connectivity index (χ1n) is 4.06. The smallest absolute Gasteiger partial charge is 0.335 e. The number of nitrogens with zero attached hydrogens (tertiary/aromatic N) is 1. The number of hydrogen-bond donors (Lipinski definition) is 1. The van der Waals surface area contributed by atoms with Crippen molar-refractivity contribution in [3.63, 3.8) is 0 Å². The van der Waals surface area contributed by atoms with Crippen LogP contribution in [0.4, 0.5) is 5.69 Å². The highest BCUT2D eigenvalue weighted by Gasteiger charge is 2.08. The second kappa shape index (κ2) is 7.16. The minimum absolute atomic E-state index is 0.0794. The minimum atomic E-state index is -1.17. The summed E-state index contributed by atoms with van der Waals surface area (Å²) in [6.45, 7) is 2.11. The summed E-state index contributed by atoms with van der Waals surface area (Å²) in [6, 6.07) is 4.89. The SMILES string of the molecule is CCI.O=C(O)c1cccc([N+](=O)[O-])c1. The van der Waals surface area contributed by atoms with Crippen LogP contribution in [-0.4, -0.2) is 20.4 Å². The fourth-order valence-electron chi connectivity index (χ4n) is 0.753. The molecular formula is C9H10INO4. The maximum Gasteiger partial charge on any atom is 0.335 e. The van der Waals surface area contributed by atoms with Crippen molar-refractivity contribution in [2.24, 2.45) is 0 Å². The molecule has 0 radical (unpaired) electrons. The lowest BCUT2D eigenvalue weighted by molar-refractivity contribution is -0.384. The van der Waals surface area contributed by atoms with Crippen LogP contribution in [0.3, 0.4) is 0 Å². The van der Waals surface area contributed by atoms with E-state index >= 15 is 0 Å². The number of hydrogen-bond acceptors (Lipinski definition) is 3. The molecular weight excluding hydrogens is 313 g/mol. The Morgan fingerprint density at radius 3 is 2.53 bits per heavy atom. The molecule has 6 heteroatoms. The predicted octanol–water partition coefficient (Wildman–Crippen LogP) is 2.73. The van der Waals surface area contributed by atoms with Crippen molar-refractivity contribution >= 4 is 34.2 Å². The summed E-state index contributed by atoms with van der Waals surface area (Å²) in [5, 5.41) is 18.7. The van der Waals surface area contributed by atoms with Gasteiger partial charge in [0.25, 0.3) is 5.69 Å². The van der Waals surface area contributed by atoms with Crippen LogP contribution in [0.25, 0.3) is 0 Å². The van der Waals surface area contributed by atoms with Gasteiger partial charge < -0.3 is 5.11 Å². The zero-order valence-electron chi connectivity index (χ0n) is 8.01. The van der Waals surface area contributed by atoms with Gasteiger partial charge in [0, 0.05) is 12.1 Å². The van der Waals surface area contributed by atoms with E-state index in [0.717, 1.165) is 6.07 Å². The number of halogens is 1. The molecule has 0 fully saturated rings. The van der Waals surface area contributed by atoms with E-state index in [2.05, 4.69) is 29.5 Å². The van der Waals surface area contributed by atoms with Crippen molar-refractivity contribution in [1.82, 2.24) is 0 Å². The molecule has 1 aromatic rings. The van der Waals surface area contributed by atoms with E-state index in [-0.39, 0.29) is 11.3 Å². The van der Waals surface area contributed by atoms with Gasteiger partial charge in [-0.25, -0.2) is 4.79 Å². The van der Waals surface area contributed by atoms with Gasteiger partial charge >= 0.3 is 5.97 Å². The molecule has 0 saturated carbocycles. The highest BCUT2D eigenvalue weighted by atomic mass is 127. The van der Waals surface area contributed by atoms with Crippen LogP contribution in [0.2, 0.25) is 0 Å². The van der Waals surface area contributed by atoms with Crippen molar-refractivity contribution in [3.8, 4) is 0 Å². The molecule has 0 aliphatic heterocycles. The van der Waals surface area contributed by atoms with Gasteiger partial charge in [-0.2, -0.15) is 0 Å². The zero-order valence-corrected chi connectivity index (χ0v) is 10.2. The first-order chi connectivity index (χ1) is 7.02. The monoisotopic (exact) mass is 323 g/mol. The molecule has 0 heterocycles. The molecule has 0 aliphatic carbocycles. The van der Waals surface area contributed by atoms with E-state index in [4.69, 9.17) is 5.11 Å².